The predicted octanol–water partition coefficient (Wildman–Crippen LogP) is 5.82. The van der Waals surface area contributed by atoms with Crippen molar-refractivity contribution in [3.63, 3.8) is 0 Å². The number of nitrogens with zero attached hydrogens (tertiary/aromatic N) is 4. The van der Waals surface area contributed by atoms with Gasteiger partial charge in [-0.05, 0) is 43.4 Å². The van der Waals surface area contributed by atoms with Crippen LogP contribution in [0.15, 0.2) is 94.6 Å². The Balaban J connectivity index is 1.71. The second-order valence-corrected chi connectivity index (χ2v) is 8.15. The van der Waals surface area contributed by atoms with Gasteiger partial charge in [0.15, 0.2) is 0 Å². The standard InChI is InChI=1S/C25H22N4S/c1-2-11-20(12-3-1)24-18-30-25(27-21-13-8-16-26-17-21)29(24)28-23-15-7-5-10-19-9-4-6-14-22(19)23/h1-4,6,8-9,11-14,16-18H,5,7,10,15H2. The molecule has 2 aromatic heterocycles. The van der Waals surface area contributed by atoms with Crippen LogP contribution in [0.2, 0.25) is 0 Å². The van der Waals surface area contributed by atoms with Crippen LogP contribution in [0, 0.1) is 0 Å². The smallest absolute Gasteiger partial charge is 0.211 e. The molecule has 0 N–H and O–H groups in total. The summed E-state index contributed by atoms with van der Waals surface area (Å²) in [6.45, 7) is 0. The highest BCUT2D eigenvalue weighted by Gasteiger charge is 2.15. The van der Waals surface area contributed by atoms with E-state index in [0.29, 0.717) is 0 Å². The molecule has 4 nitrogen and oxygen atoms in total. The van der Waals surface area contributed by atoms with Crippen molar-refractivity contribution >= 4 is 22.7 Å². The molecule has 4 aromatic rings. The lowest BCUT2D eigenvalue weighted by Crippen LogP contribution is -2.15. The van der Waals surface area contributed by atoms with Crippen molar-refractivity contribution in [3.05, 3.63) is 100 Å². The first-order valence-corrected chi connectivity index (χ1v) is 11.1. The van der Waals surface area contributed by atoms with Gasteiger partial charge in [0.25, 0.3) is 0 Å². The predicted molar refractivity (Wildman–Crippen MR) is 123 cm³/mol. The van der Waals surface area contributed by atoms with E-state index in [0.717, 1.165) is 46.7 Å². The van der Waals surface area contributed by atoms with Crippen molar-refractivity contribution in [1.29, 1.82) is 0 Å². The highest BCUT2D eigenvalue weighted by Crippen LogP contribution is 2.24. The minimum absolute atomic E-state index is 0.828. The third-order valence-electron chi connectivity index (χ3n) is 5.28. The van der Waals surface area contributed by atoms with Gasteiger partial charge in [0, 0.05) is 22.7 Å². The highest BCUT2D eigenvalue weighted by molar-refractivity contribution is 7.07. The van der Waals surface area contributed by atoms with Crippen molar-refractivity contribution in [2.24, 2.45) is 10.1 Å². The van der Waals surface area contributed by atoms with Gasteiger partial charge in [-0.2, -0.15) is 5.10 Å². The van der Waals surface area contributed by atoms with Gasteiger partial charge in [-0.3, -0.25) is 4.98 Å². The van der Waals surface area contributed by atoms with Gasteiger partial charge in [-0.1, -0.05) is 54.6 Å². The monoisotopic (exact) mass is 410 g/mol. The second kappa shape index (κ2) is 8.59. The molecule has 2 aromatic carbocycles. The topological polar surface area (TPSA) is 42.5 Å². The lowest BCUT2D eigenvalue weighted by atomic mass is 10.0. The number of benzene rings is 2. The molecule has 2 heterocycles. The molecule has 0 atom stereocenters. The zero-order valence-electron chi connectivity index (χ0n) is 16.6. The molecule has 0 saturated heterocycles. The van der Waals surface area contributed by atoms with Crippen molar-refractivity contribution in [2.45, 2.75) is 25.7 Å². The molecule has 0 amide bonds. The number of rotatable bonds is 3. The average molecular weight is 411 g/mol. The summed E-state index contributed by atoms with van der Waals surface area (Å²) in [4.78, 5) is 9.89. The average Bonchev–Trinajstić information content (AvgIpc) is 3.07. The molecule has 5 heteroatoms. The summed E-state index contributed by atoms with van der Waals surface area (Å²) in [6, 6.07) is 22.9. The van der Waals surface area contributed by atoms with Gasteiger partial charge in [0.2, 0.25) is 4.80 Å². The van der Waals surface area contributed by atoms with Crippen LogP contribution >= 0.6 is 11.3 Å². The second-order valence-electron chi connectivity index (χ2n) is 7.32. The first-order valence-electron chi connectivity index (χ1n) is 10.3. The summed E-state index contributed by atoms with van der Waals surface area (Å²) in [5.41, 5.74) is 6.79. The first kappa shape index (κ1) is 18.7. The molecule has 5 rings (SSSR count). The molecule has 0 saturated carbocycles. The fourth-order valence-electron chi connectivity index (χ4n) is 3.80. The Morgan fingerprint density at radius 3 is 2.57 bits per heavy atom. The summed E-state index contributed by atoms with van der Waals surface area (Å²) >= 11 is 1.60. The van der Waals surface area contributed by atoms with Crippen molar-refractivity contribution < 1.29 is 0 Å². The first-order chi connectivity index (χ1) is 14.9. The molecule has 0 spiro atoms. The van der Waals surface area contributed by atoms with Crippen LogP contribution in [0.4, 0.5) is 5.69 Å². The highest BCUT2D eigenvalue weighted by atomic mass is 32.1. The van der Waals surface area contributed by atoms with Gasteiger partial charge < -0.3 is 0 Å². The zero-order chi connectivity index (χ0) is 20.2. The fraction of sp³-hybridized carbons (Fsp3) is 0.160. The quantitative estimate of drug-likeness (QED) is 0.392. The molecule has 0 aliphatic heterocycles. The molecular weight excluding hydrogens is 388 g/mol. The van der Waals surface area contributed by atoms with Crippen LogP contribution < -0.4 is 4.80 Å². The van der Waals surface area contributed by atoms with Crippen LogP contribution in [-0.2, 0) is 6.42 Å². The molecule has 1 aliphatic rings. The number of hydrogen-bond acceptors (Lipinski definition) is 4. The summed E-state index contributed by atoms with van der Waals surface area (Å²) in [6.07, 6.45) is 7.97. The van der Waals surface area contributed by atoms with E-state index < -0.39 is 0 Å². The van der Waals surface area contributed by atoms with E-state index in [4.69, 9.17) is 10.1 Å². The van der Waals surface area contributed by atoms with Crippen molar-refractivity contribution in [2.75, 3.05) is 0 Å². The Kier molecular flexibility index (Phi) is 5.36. The normalized spacial score (nSPS) is 15.7. The lowest BCUT2D eigenvalue weighted by molar-refractivity contribution is 0.768. The fourth-order valence-corrected chi connectivity index (χ4v) is 4.65. The van der Waals surface area contributed by atoms with E-state index in [-0.39, 0.29) is 0 Å². The third kappa shape index (κ3) is 3.89. The van der Waals surface area contributed by atoms with E-state index in [1.54, 1.807) is 23.7 Å². The Hall–Kier alpha value is -3.31. The number of aryl methyl sites for hydroxylation is 1. The van der Waals surface area contributed by atoms with Crippen LogP contribution in [0.25, 0.3) is 11.3 Å². The lowest BCUT2D eigenvalue weighted by Gasteiger charge is -2.10. The Bertz CT molecular complexity index is 1240. The van der Waals surface area contributed by atoms with Crippen LogP contribution in [0.3, 0.4) is 0 Å². The molecule has 1 aliphatic carbocycles. The molecule has 30 heavy (non-hydrogen) atoms. The number of thiazole rings is 1. The maximum Gasteiger partial charge on any atom is 0.211 e. The van der Waals surface area contributed by atoms with Crippen LogP contribution in [-0.4, -0.2) is 15.4 Å². The van der Waals surface area contributed by atoms with Crippen LogP contribution in [0.5, 0.6) is 0 Å². The van der Waals surface area contributed by atoms with Gasteiger partial charge >= 0.3 is 0 Å². The molecule has 0 bridgehead atoms. The minimum atomic E-state index is 0.828. The van der Waals surface area contributed by atoms with Crippen molar-refractivity contribution in [3.8, 4) is 11.3 Å². The van der Waals surface area contributed by atoms with E-state index in [2.05, 4.69) is 58.9 Å². The number of pyridine rings is 1. The van der Waals surface area contributed by atoms with Gasteiger partial charge in [0.1, 0.15) is 0 Å². The molecule has 0 radical (unpaired) electrons. The SMILES string of the molecule is c1ccc(-c2csc(=Nc3cccnc3)n2N=C2CCCCc3ccccc32)cc1. The Morgan fingerprint density at radius 2 is 1.70 bits per heavy atom. The van der Waals surface area contributed by atoms with Gasteiger partial charge in [-0.15, -0.1) is 11.3 Å². The summed E-state index contributed by atoms with van der Waals surface area (Å²) < 4.78 is 2.00. The third-order valence-corrected chi connectivity index (χ3v) is 6.10. The summed E-state index contributed by atoms with van der Waals surface area (Å²) in [5.74, 6) is 0. The minimum Gasteiger partial charge on any atom is -0.262 e. The van der Waals surface area contributed by atoms with E-state index in [1.807, 2.05) is 22.9 Å². The van der Waals surface area contributed by atoms with E-state index >= 15 is 0 Å². The van der Waals surface area contributed by atoms with Gasteiger partial charge in [0.05, 0.1) is 23.3 Å². The Labute approximate surface area is 179 Å². The Morgan fingerprint density at radius 1 is 0.867 bits per heavy atom. The van der Waals surface area contributed by atoms with E-state index in [1.165, 1.54) is 17.5 Å². The molecular formula is C25H22N4S. The molecule has 0 fully saturated rings. The maximum atomic E-state index is 5.18. The van der Waals surface area contributed by atoms with Crippen molar-refractivity contribution in [1.82, 2.24) is 9.66 Å². The van der Waals surface area contributed by atoms with Crippen LogP contribution in [0.1, 0.15) is 30.4 Å². The molecule has 0 unspecified atom stereocenters. The zero-order valence-corrected chi connectivity index (χ0v) is 17.4. The number of hydrogen-bond donors (Lipinski definition) is 0. The number of fused-ring (bicyclic) bond motifs is 1. The summed E-state index contributed by atoms with van der Waals surface area (Å²) in [7, 11) is 0. The van der Waals surface area contributed by atoms with E-state index in [9.17, 15) is 0 Å². The number of aromatic nitrogens is 2. The summed E-state index contributed by atoms with van der Waals surface area (Å²) in [5, 5.41) is 7.32. The maximum absolute atomic E-state index is 5.18. The largest absolute Gasteiger partial charge is 0.262 e. The molecule has 148 valence electrons. The van der Waals surface area contributed by atoms with Gasteiger partial charge in [-0.25, -0.2) is 9.67 Å².